The van der Waals surface area contributed by atoms with Gasteiger partial charge in [-0.1, -0.05) is 64.7 Å². The molecule has 0 N–H and O–H groups in total. The molecule has 0 atom stereocenters. The van der Waals surface area contributed by atoms with Gasteiger partial charge < -0.3 is 0 Å². The highest BCUT2D eigenvalue weighted by atomic mass is 35.5. The molecule has 0 heterocycles. The molecule has 0 spiro atoms. The van der Waals surface area contributed by atoms with Crippen molar-refractivity contribution in [2.24, 2.45) is 0 Å². The molecule has 0 aliphatic heterocycles. The van der Waals surface area contributed by atoms with Crippen molar-refractivity contribution in [3.63, 3.8) is 0 Å². The number of unbranched alkanes of at least 4 members (excludes halogenated alkanes) is 9. The molecular weight excluding hydrogens is 196 g/mol. The van der Waals surface area contributed by atoms with E-state index in [4.69, 9.17) is 11.9 Å². The third-order valence-corrected chi connectivity index (χ3v) is 2.73. The Morgan fingerprint density at radius 3 is 1.57 bits per heavy atom. The van der Waals surface area contributed by atoms with Crippen molar-refractivity contribution in [1.82, 2.24) is 0 Å². The van der Waals surface area contributed by atoms with E-state index in [0.717, 1.165) is 6.42 Å². The Balaban J connectivity index is 2.78. The van der Waals surface area contributed by atoms with Gasteiger partial charge in [-0.25, -0.2) is 0 Å². The van der Waals surface area contributed by atoms with Gasteiger partial charge >= 0.3 is 0 Å². The Bertz CT molecular complexity index is 84.3. The van der Waals surface area contributed by atoms with E-state index in [0.29, 0.717) is 6.61 Å². The average molecular weight is 221 g/mol. The van der Waals surface area contributed by atoms with Crippen molar-refractivity contribution in [2.75, 3.05) is 6.61 Å². The molecule has 86 valence electrons. The Morgan fingerprint density at radius 2 is 1.14 bits per heavy atom. The van der Waals surface area contributed by atoms with Crippen LogP contribution in [0.4, 0.5) is 0 Å². The predicted molar refractivity (Wildman–Crippen MR) is 63.6 cm³/mol. The fourth-order valence-corrected chi connectivity index (χ4v) is 1.75. The van der Waals surface area contributed by atoms with Gasteiger partial charge in [0.15, 0.2) is 0 Å². The van der Waals surface area contributed by atoms with Gasteiger partial charge in [0.2, 0.25) is 0 Å². The molecular formula is C12H25ClO. The molecule has 0 aromatic heterocycles. The third-order valence-electron chi connectivity index (χ3n) is 2.58. The Morgan fingerprint density at radius 1 is 0.714 bits per heavy atom. The Kier molecular flexibility index (Phi) is 13.5. The highest BCUT2D eigenvalue weighted by molar-refractivity contribution is 6.07. The molecule has 0 aliphatic rings. The first-order valence-electron chi connectivity index (χ1n) is 6.15. The number of halogens is 1. The molecule has 0 saturated carbocycles. The maximum absolute atomic E-state index is 5.11. The van der Waals surface area contributed by atoms with E-state index < -0.39 is 0 Å². The van der Waals surface area contributed by atoms with Gasteiger partial charge in [-0.15, -0.1) is 0 Å². The smallest absolute Gasteiger partial charge is 0.0682 e. The number of hydrogen-bond acceptors (Lipinski definition) is 1. The molecule has 0 radical (unpaired) electrons. The van der Waals surface area contributed by atoms with Gasteiger partial charge in [0.1, 0.15) is 0 Å². The van der Waals surface area contributed by atoms with Crippen LogP contribution in [-0.4, -0.2) is 6.61 Å². The van der Waals surface area contributed by atoms with Gasteiger partial charge in [0, 0.05) is 0 Å². The van der Waals surface area contributed by atoms with E-state index in [1.54, 1.807) is 0 Å². The molecule has 0 saturated heterocycles. The maximum Gasteiger partial charge on any atom is 0.0682 e. The molecule has 1 nitrogen and oxygen atoms in total. The van der Waals surface area contributed by atoms with E-state index in [2.05, 4.69) is 11.2 Å². The first-order chi connectivity index (χ1) is 6.91. The highest BCUT2D eigenvalue weighted by Gasteiger charge is 1.92. The van der Waals surface area contributed by atoms with Crippen LogP contribution in [-0.2, 0) is 4.29 Å². The second kappa shape index (κ2) is 13.2. The van der Waals surface area contributed by atoms with Crippen molar-refractivity contribution in [3.05, 3.63) is 0 Å². The van der Waals surface area contributed by atoms with Crippen LogP contribution in [0.15, 0.2) is 0 Å². The van der Waals surface area contributed by atoms with Gasteiger partial charge in [0.25, 0.3) is 0 Å². The lowest BCUT2D eigenvalue weighted by atomic mass is 10.1. The standard InChI is InChI=1S/C12H25ClO/c1-2-3-4-5-6-7-8-9-10-11-12-14-13/h2-12H2,1H3. The van der Waals surface area contributed by atoms with Gasteiger partial charge in [-0.3, -0.25) is 4.29 Å². The summed E-state index contributed by atoms with van der Waals surface area (Å²) in [4.78, 5) is 0. The zero-order chi connectivity index (χ0) is 10.5. The van der Waals surface area contributed by atoms with Crippen molar-refractivity contribution in [1.29, 1.82) is 0 Å². The predicted octanol–water partition coefficient (Wildman–Crippen LogP) is 5.08. The fourth-order valence-electron chi connectivity index (χ4n) is 1.64. The topological polar surface area (TPSA) is 9.23 Å². The Hall–Kier alpha value is 0.250. The minimum absolute atomic E-state index is 0.706. The van der Waals surface area contributed by atoms with Crippen LogP contribution >= 0.6 is 11.9 Å². The van der Waals surface area contributed by atoms with Gasteiger partial charge in [0.05, 0.1) is 18.5 Å². The van der Waals surface area contributed by atoms with E-state index in [9.17, 15) is 0 Å². The molecule has 0 bridgehead atoms. The molecule has 0 rings (SSSR count). The summed E-state index contributed by atoms with van der Waals surface area (Å²) in [5, 5.41) is 0. The summed E-state index contributed by atoms with van der Waals surface area (Å²) in [6, 6.07) is 0. The first-order valence-corrected chi connectivity index (χ1v) is 6.46. The van der Waals surface area contributed by atoms with Gasteiger partial charge in [-0.05, 0) is 6.42 Å². The maximum atomic E-state index is 5.11. The molecule has 0 fully saturated rings. The van der Waals surface area contributed by atoms with Crippen LogP contribution in [0.5, 0.6) is 0 Å². The van der Waals surface area contributed by atoms with E-state index in [1.165, 1.54) is 57.8 Å². The molecule has 0 aliphatic carbocycles. The van der Waals surface area contributed by atoms with Crippen molar-refractivity contribution >= 4 is 11.9 Å². The molecule has 0 amide bonds. The summed E-state index contributed by atoms with van der Waals surface area (Å²) in [7, 11) is 0. The van der Waals surface area contributed by atoms with Crippen LogP contribution < -0.4 is 0 Å². The minimum Gasteiger partial charge on any atom is -0.279 e. The number of hydrogen-bond donors (Lipinski definition) is 0. The lowest BCUT2D eigenvalue weighted by molar-refractivity contribution is 0.334. The molecule has 0 unspecified atom stereocenters. The lowest BCUT2D eigenvalue weighted by Gasteiger charge is -2.01. The fraction of sp³-hybridized carbons (Fsp3) is 1.00. The zero-order valence-electron chi connectivity index (χ0n) is 9.56. The van der Waals surface area contributed by atoms with Crippen LogP contribution in [0.3, 0.4) is 0 Å². The highest BCUT2D eigenvalue weighted by Crippen LogP contribution is 2.10. The van der Waals surface area contributed by atoms with Crippen LogP contribution in [0, 0.1) is 0 Å². The van der Waals surface area contributed by atoms with Crippen molar-refractivity contribution in [2.45, 2.75) is 71.1 Å². The SMILES string of the molecule is CCCCCCCCCCCCOCl. The van der Waals surface area contributed by atoms with Crippen LogP contribution in [0.2, 0.25) is 0 Å². The first kappa shape index (κ1) is 14.2. The summed E-state index contributed by atoms with van der Waals surface area (Å²) in [5.41, 5.74) is 0. The summed E-state index contributed by atoms with van der Waals surface area (Å²) < 4.78 is 4.49. The normalized spacial score (nSPS) is 10.7. The average Bonchev–Trinajstić information content (AvgIpc) is 2.21. The monoisotopic (exact) mass is 220 g/mol. The molecule has 14 heavy (non-hydrogen) atoms. The summed E-state index contributed by atoms with van der Waals surface area (Å²) in [5.74, 6) is 0. The van der Waals surface area contributed by atoms with Gasteiger partial charge in [-0.2, -0.15) is 0 Å². The zero-order valence-corrected chi connectivity index (χ0v) is 10.3. The van der Waals surface area contributed by atoms with E-state index >= 15 is 0 Å². The quantitative estimate of drug-likeness (QED) is 0.442. The lowest BCUT2D eigenvalue weighted by Crippen LogP contribution is -1.85. The van der Waals surface area contributed by atoms with E-state index in [1.807, 2.05) is 0 Å². The van der Waals surface area contributed by atoms with E-state index in [-0.39, 0.29) is 0 Å². The summed E-state index contributed by atoms with van der Waals surface area (Å²) in [6.07, 6.45) is 13.5. The number of rotatable bonds is 11. The molecule has 0 aromatic carbocycles. The second-order valence-corrected chi connectivity index (χ2v) is 4.21. The van der Waals surface area contributed by atoms with Crippen LogP contribution in [0.1, 0.15) is 71.1 Å². The summed E-state index contributed by atoms with van der Waals surface area (Å²) >= 11 is 5.11. The molecule has 2 heteroatoms. The summed E-state index contributed by atoms with van der Waals surface area (Å²) in [6.45, 7) is 2.97. The van der Waals surface area contributed by atoms with Crippen molar-refractivity contribution < 1.29 is 4.29 Å². The second-order valence-electron chi connectivity index (χ2n) is 4.00. The van der Waals surface area contributed by atoms with Crippen molar-refractivity contribution in [3.8, 4) is 0 Å². The third kappa shape index (κ3) is 12.2. The Labute approximate surface area is 94.3 Å². The minimum atomic E-state index is 0.706. The largest absolute Gasteiger partial charge is 0.279 e. The van der Waals surface area contributed by atoms with Crippen LogP contribution in [0.25, 0.3) is 0 Å². The molecule has 0 aromatic rings.